The molecule has 0 saturated carbocycles. The topological polar surface area (TPSA) is 24.9 Å². The lowest BCUT2D eigenvalue weighted by atomic mass is 10.2. The van der Waals surface area contributed by atoms with Crippen LogP contribution >= 0.6 is 34.9 Å². The number of aromatic nitrogens is 1. The van der Waals surface area contributed by atoms with Crippen LogP contribution in [-0.4, -0.2) is 28.3 Å². The summed E-state index contributed by atoms with van der Waals surface area (Å²) in [4.78, 5) is 6.30. The molecule has 1 aromatic rings. The van der Waals surface area contributed by atoms with Gasteiger partial charge < -0.3 is 5.32 Å². The first-order valence-electron chi connectivity index (χ1n) is 7.11. The van der Waals surface area contributed by atoms with Gasteiger partial charge in [0.05, 0.1) is 10.9 Å². The molecule has 0 aliphatic carbocycles. The van der Waals surface area contributed by atoms with E-state index in [1.807, 2.05) is 11.3 Å². The summed E-state index contributed by atoms with van der Waals surface area (Å²) in [6.45, 7) is 9.88. The number of rotatable bonds is 5. The van der Waals surface area contributed by atoms with Gasteiger partial charge in [-0.05, 0) is 26.8 Å². The lowest BCUT2D eigenvalue weighted by Crippen LogP contribution is -2.18. The van der Waals surface area contributed by atoms with Crippen LogP contribution in [0.1, 0.15) is 54.1 Å². The summed E-state index contributed by atoms with van der Waals surface area (Å²) in [7, 11) is 0. The lowest BCUT2D eigenvalue weighted by Gasteiger charge is -2.28. The zero-order valence-corrected chi connectivity index (χ0v) is 14.7. The van der Waals surface area contributed by atoms with Gasteiger partial charge in [-0.3, -0.25) is 0 Å². The van der Waals surface area contributed by atoms with Gasteiger partial charge in [-0.15, -0.1) is 23.1 Å². The van der Waals surface area contributed by atoms with Crippen molar-refractivity contribution in [1.82, 2.24) is 10.3 Å². The molecule has 0 aromatic carbocycles. The molecule has 1 saturated heterocycles. The summed E-state index contributed by atoms with van der Waals surface area (Å²) in [5.41, 5.74) is 1.22. The van der Waals surface area contributed by atoms with E-state index in [1.165, 1.54) is 33.5 Å². The first-order valence-corrected chi connectivity index (χ1v) is 10.0. The van der Waals surface area contributed by atoms with Gasteiger partial charge in [-0.2, -0.15) is 11.8 Å². The van der Waals surface area contributed by atoms with Crippen LogP contribution in [0.4, 0.5) is 0 Å². The van der Waals surface area contributed by atoms with Gasteiger partial charge in [0.1, 0.15) is 5.01 Å². The van der Waals surface area contributed by atoms with Gasteiger partial charge in [-0.25, -0.2) is 4.98 Å². The maximum absolute atomic E-state index is 4.88. The van der Waals surface area contributed by atoms with E-state index in [1.54, 1.807) is 0 Å². The molecule has 1 aliphatic rings. The van der Waals surface area contributed by atoms with Crippen molar-refractivity contribution in [3.8, 4) is 0 Å². The zero-order chi connectivity index (χ0) is 13.8. The Hall–Kier alpha value is 0.290. The fourth-order valence-electron chi connectivity index (χ4n) is 2.48. The third-order valence-electron chi connectivity index (χ3n) is 3.45. The number of hydrogen-bond donors (Lipinski definition) is 1. The monoisotopic (exact) mass is 316 g/mol. The number of thioether (sulfide) groups is 2. The maximum Gasteiger partial charge on any atom is 0.107 e. The van der Waals surface area contributed by atoms with Crippen LogP contribution in [0.2, 0.25) is 0 Å². The van der Waals surface area contributed by atoms with Crippen molar-refractivity contribution in [2.45, 2.75) is 50.7 Å². The van der Waals surface area contributed by atoms with Crippen LogP contribution in [0.3, 0.4) is 0 Å². The highest BCUT2D eigenvalue weighted by atomic mass is 32.2. The van der Waals surface area contributed by atoms with Gasteiger partial charge in [0.25, 0.3) is 0 Å². The molecule has 2 rings (SSSR count). The van der Waals surface area contributed by atoms with E-state index >= 15 is 0 Å². The summed E-state index contributed by atoms with van der Waals surface area (Å²) >= 11 is 6.16. The van der Waals surface area contributed by atoms with Gasteiger partial charge in [0.15, 0.2) is 0 Å². The van der Waals surface area contributed by atoms with Crippen LogP contribution in [0.25, 0.3) is 0 Å². The van der Waals surface area contributed by atoms with Crippen molar-refractivity contribution in [3.63, 3.8) is 0 Å². The van der Waals surface area contributed by atoms with Crippen molar-refractivity contribution in [3.05, 3.63) is 15.6 Å². The second-order valence-corrected chi connectivity index (χ2v) is 8.55. The average Bonchev–Trinajstić information content (AvgIpc) is 2.81. The highest BCUT2D eigenvalue weighted by Crippen LogP contribution is 2.46. The third kappa shape index (κ3) is 3.69. The molecule has 2 nitrogen and oxygen atoms in total. The van der Waals surface area contributed by atoms with Crippen molar-refractivity contribution in [1.29, 1.82) is 0 Å². The van der Waals surface area contributed by atoms with Crippen molar-refractivity contribution < 1.29 is 0 Å². The van der Waals surface area contributed by atoms with Crippen molar-refractivity contribution >= 4 is 34.9 Å². The molecule has 0 bridgehead atoms. The molecule has 1 fully saturated rings. The van der Waals surface area contributed by atoms with Crippen LogP contribution < -0.4 is 5.32 Å². The van der Waals surface area contributed by atoms with Gasteiger partial charge in [0.2, 0.25) is 0 Å². The standard InChI is InChI=1S/C14H24N2S3/c1-5-11-13(18-8-7-17-11)14-16-10(4)12(19-14)9(3)15-6-2/h9,11,13,15H,5-8H2,1-4H3. The summed E-state index contributed by atoms with van der Waals surface area (Å²) < 4.78 is 0. The predicted molar refractivity (Wildman–Crippen MR) is 90.7 cm³/mol. The van der Waals surface area contributed by atoms with E-state index in [2.05, 4.69) is 56.5 Å². The van der Waals surface area contributed by atoms with E-state index in [0.717, 1.165) is 11.8 Å². The van der Waals surface area contributed by atoms with Crippen LogP contribution in [0.5, 0.6) is 0 Å². The molecule has 2 heterocycles. The summed E-state index contributed by atoms with van der Waals surface area (Å²) in [6.07, 6.45) is 1.25. The Morgan fingerprint density at radius 1 is 1.32 bits per heavy atom. The van der Waals surface area contributed by atoms with Gasteiger partial charge >= 0.3 is 0 Å². The van der Waals surface area contributed by atoms with Crippen molar-refractivity contribution in [2.75, 3.05) is 18.1 Å². The van der Waals surface area contributed by atoms with Crippen LogP contribution in [0.15, 0.2) is 0 Å². The normalized spacial score (nSPS) is 25.5. The van der Waals surface area contributed by atoms with Crippen molar-refractivity contribution in [2.24, 2.45) is 0 Å². The lowest BCUT2D eigenvalue weighted by molar-refractivity contribution is 0.603. The number of nitrogens with one attached hydrogen (secondary N) is 1. The summed E-state index contributed by atoms with van der Waals surface area (Å²) in [5, 5.41) is 6.20. The Morgan fingerprint density at radius 2 is 2.05 bits per heavy atom. The Balaban J connectivity index is 2.18. The SMILES string of the molecule is CCNC(C)c1sc(C2SCCSC2CC)nc1C. The molecule has 1 aliphatic heterocycles. The molecule has 0 spiro atoms. The molecule has 3 atom stereocenters. The van der Waals surface area contributed by atoms with E-state index in [9.17, 15) is 0 Å². The molecule has 1 aromatic heterocycles. The molecule has 0 radical (unpaired) electrons. The minimum absolute atomic E-state index is 0.428. The van der Waals surface area contributed by atoms with Crippen LogP contribution in [-0.2, 0) is 0 Å². The zero-order valence-electron chi connectivity index (χ0n) is 12.2. The Morgan fingerprint density at radius 3 is 2.74 bits per heavy atom. The quantitative estimate of drug-likeness (QED) is 0.869. The second kappa shape index (κ2) is 7.34. The number of thiazole rings is 1. The van der Waals surface area contributed by atoms with Gasteiger partial charge in [0, 0.05) is 27.7 Å². The van der Waals surface area contributed by atoms with Gasteiger partial charge in [-0.1, -0.05) is 13.8 Å². The average molecular weight is 317 g/mol. The summed E-state index contributed by atoms with van der Waals surface area (Å²) in [6, 6.07) is 0.428. The molecular weight excluding hydrogens is 292 g/mol. The molecule has 3 unspecified atom stereocenters. The number of aryl methyl sites for hydroxylation is 1. The predicted octanol–water partition coefficient (Wildman–Crippen LogP) is 4.42. The largest absolute Gasteiger partial charge is 0.310 e. The molecule has 0 amide bonds. The molecule has 19 heavy (non-hydrogen) atoms. The van der Waals surface area contributed by atoms with Crippen LogP contribution in [0, 0.1) is 6.92 Å². The highest BCUT2D eigenvalue weighted by Gasteiger charge is 2.30. The first-order chi connectivity index (χ1) is 9.17. The smallest absolute Gasteiger partial charge is 0.107 e. The maximum atomic E-state index is 4.88. The Bertz CT molecular complexity index is 405. The first kappa shape index (κ1) is 15.7. The molecule has 5 heteroatoms. The second-order valence-electron chi connectivity index (χ2n) is 4.89. The molecule has 108 valence electrons. The number of hydrogen-bond acceptors (Lipinski definition) is 5. The minimum Gasteiger partial charge on any atom is -0.310 e. The van der Waals surface area contributed by atoms with E-state index in [0.29, 0.717) is 11.3 Å². The number of nitrogens with zero attached hydrogens (tertiary/aromatic N) is 1. The third-order valence-corrected chi connectivity index (χ3v) is 8.28. The Kier molecular flexibility index (Phi) is 6.06. The minimum atomic E-state index is 0.428. The van der Waals surface area contributed by atoms with E-state index in [4.69, 9.17) is 4.98 Å². The Labute approximate surface area is 129 Å². The van der Waals surface area contributed by atoms with E-state index < -0.39 is 0 Å². The summed E-state index contributed by atoms with van der Waals surface area (Å²) in [5.74, 6) is 2.56. The fourth-order valence-corrected chi connectivity index (χ4v) is 7.00. The van der Waals surface area contributed by atoms with E-state index in [-0.39, 0.29) is 0 Å². The fraction of sp³-hybridized carbons (Fsp3) is 0.786. The highest BCUT2D eigenvalue weighted by molar-refractivity contribution is 8.06. The molecule has 1 N–H and O–H groups in total. The molecular formula is C14H24N2S3.